The second-order valence-corrected chi connectivity index (χ2v) is 7.45. The van der Waals surface area contributed by atoms with Gasteiger partial charge in [0.2, 0.25) is 0 Å². The van der Waals surface area contributed by atoms with Gasteiger partial charge >= 0.3 is 0 Å². The Balaban J connectivity index is 1.89. The summed E-state index contributed by atoms with van der Waals surface area (Å²) in [5.74, 6) is 0.916. The Hall–Kier alpha value is -0.920. The highest BCUT2D eigenvalue weighted by Crippen LogP contribution is 2.26. The van der Waals surface area contributed by atoms with Crippen LogP contribution in [0.5, 0.6) is 0 Å². The van der Waals surface area contributed by atoms with E-state index in [1.807, 2.05) is 11.6 Å². The van der Waals surface area contributed by atoms with Gasteiger partial charge in [-0.3, -0.25) is 0 Å². The summed E-state index contributed by atoms with van der Waals surface area (Å²) < 4.78 is 29.1. The summed E-state index contributed by atoms with van der Waals surface area (Å²) in [6, 6.07) is 0.0590. The number of imidazole rings is 1. The van der Waals surface area contributed by atoms with E-state index in [1.54, 1.807) is 10.5 Å². The molecular formula is C13H22N4O2S. The Morgan fingerprint density at radius 2 is 2.20 bits per heavy atom. The highest BCUT2D eigenvalue weighted by atomic mass is 32.2. The van der Waals surface area contributed by atoms with Gasteiger partial charge in [-0.05, 0) is 32.7 Å². The number of hydrogen-bond acceptors (Lipinski definition) is 4. The van der Waals surface area contributed by atoms with Crippen molar-refractivity contribution in [2.24, 2.45) is 0 Å². The first kappa shape index (κ1) is 14.0. The van der Waals surface area contributed by atoms with Crippen LogP contribution in [0.3, 0.4) is 0 Å². The molecular weight excluding hydrogens is 276 g/mol. The summed E-state index contributed by atoms with van der Waals surface area (Å²) >= 11 is 0. The number of aryl methyl sites for hydroxylation is 2. The van der Waals surface area contributed by atoms with Gasteiger partial charge < -0.3 is 9.88 Å². The maximum absolute atomic E-state index is 12.8. The van der Waals surface area contributed by atoms with E-state index in [-0.39, 0.29) is 11.1 Å². The molecule has 1 atom stereocenters. The molecule has 0 aliphatic carbocycles. The van der Waals surface area contributed by atoms with Gasteiger partial charge in [0, 0.05) is 38.3 Å². The SMILES string of the molecule is CNC[C@@H]1CCCN1S(=O)(=O)c1cn2c(n1)CCCC2. The molecule has 2 aliphatic rings. The van der Waals surface area contributed by atoms with Gasteiger partial charge in [-0.25, -0.2) is 13.4 Å². The van der Waals surface area contributed by atoms with Gasteiger partial charge in [-0.2, -0.15) is 4.31 Å². The molecule has 6 nitrogen and oxygen atoms in total. The van der Waals surface area contributed by atoms with E-state index in [0.29, 0.717) is 13.1 Å². The zero-order chi connectivity index (χ0) is 14.2. The number of sulfonamides is 1. The molecule has 112 valence electrons. The van der Waals surface area contributed by atoms with Gasteiger partial charge in [0.05, 0.1) is 0 Å². The van der Waals surface area contributed by atoms with Gasteiger partial charge in [0.15, 0.2) is 5.03 Å². The molecule has 1 fully saturated rings. The minimum absolute atomic E-state index is 0.0590. The van der Waals surface area contributed by atoms with Crippen LogP contribution in [0.2, 0.25) is 0 Å². The molecule has 0 spiro atoms. The van der Waals surface area contributed by atoms with Crippen molar-refractivity contribution in [3.63, 3.8) is 0 Å². The van der Waals surface area contributed by atoms with Crippen LogP contribution in [0.25, 0.3) is 0 Å². The predicted molar refractivity (Wildman–Crippen MR) is 76.0 cm³/mol. The lowest BCUT2D eigenvalue weighted by Crippen LogP contribution is -2.40. The van der Waals surface area contributed by atoms with Crippen LogP contribution in [0.4, 0.5) is 0 Å². The highest BCUT2D eigenvalue weighted by Gasteiger charge is 2.36. The molecule has 0 amide bonds. The standard InChI is InChI=1S/C13H22N4O2S/c1-14-9-11-5-4-8-17(11)20(18,19)13-10-16-7-3-2-6-12(16)15-13/h10-11,14H,2-9H2,1H3/t11-/m0/s1. The van der Waals surface area contributed by atoms with Crippen LogP contribution in [0.1, 0.15) is 31.5 Å². The van der Waals surface area contributed by atoms with Gasteiger partial charge in [-0.1, -0.05) is 0 Å². The Morgan fingerprint density at radius 1 is 1.35 bits per heavy atom. The van der Waals surface area contributed by atoms with Crippen molar-refractivity contribution >= 4 is 10.0 Å². The molecule has 1 aromatic rings. The molecule has 0 radical (unpaired) electrons. The second kappa shape index (κ2) is 5.46. The lowest BCUT2D eigenvalue weighted by atomic mass is 10.2. The molecule has 0 bridgehead atoms. The first-order valence-corrected chi connectivity index (χ1v) is 8.79. The van der Waals surface area contributed by atoms with Crippen LogP contribution in [0, 0.1) is 0 Å². The van der Waals surface area contributed by atoms with E-state index in [4.69, 9.17) is 0 Å². The molecule has 3 rings (SSSR count). The number of nitrogens with zero attached hydrogens (tertiary/aromatic N) is 3. The van der Waals surface area contributed by atoms with E-state index in [2.05, 4.69) is 10.3 Å². The fourth-order valence-electron chi connectivity index (χ4n) is 3.20. The van der Waals surface area contributed by atoms with E-state index < -0.39 is 10.0 Å². The molecule has 0 unspecified atom stereocenters. The topological polar surface area (TPSA) is 67.2 Å². The zero-order valence-corrected chi connectivity index (χ0v) is 12.7. The molecule has 7 heteroatoms. The summed E-state index contributed by atoms with van der Waals surface area (Å²) in [6.07, 6.45) is 6.67. The monoisotopic (exact) mass is 298 g/mol. The molecule has 20 heavy (non-hydrogen) atoms. The third kappa shape index (κ3) is 2.38. The highest BCUT2D eigenvalue weighted by molar-refractivity contribution is 7.89. The van der Waals surface area contributed by atoms with Crippen LogP contribution < -0.4 is 5.32 Å². The molecule has 0 saturated carbocycles. The van der Waals surface area contributed by atoms with Gasteiger partial charge in [0.1, 0.15) is 5.82 Å². The van der Waals surface area contributed by atoms with E-state index in [0.717, 1.165) is 44.5 Å². The minimum Gasteiger partial charge on any atom is -0.333 e. The average molecular weight is 298 g/mol. The predicted octanol–water partition coefficient (Wildman–Crippen LogP) is 0.592. The maximum Gasteiger partial charge on any atom is 0.262 e. The van der Waals surface area contributed by atoms with Crippen molar-refractivity contribution in [1.29, 1.82) is 0 Å². The number of aromatic nitrogens is 2. The van der Waals surface area contributed by atoms with Crippen molar-refractivity contribution < 1.29 is 8.42 Å². The third-order valence-corrected chi connectivity index (χ3v) is 6.05. The fourth-order valence-corrected chi connectivity index (χ4v) is 4.86. The first-order valence-electron chi connectivity index (χ1n) is 7.35. The van der Waals surface area contributed by atoms with Crippen LogP contribution in [-0.2, 0) is 23.0 Å². The molecule has 1 aromatic heterocycles. The normalized spacial score (nSPS) is 23.9. The minimum atomic E-state index is -3.44. The third-order valence-electron chi connectivity index (χ3n) is 4.22. The number of likely N-dealkylation sites (N-methyl/N-ethyl adjacent to an activating group) is 1. The molecule has 1 saturated heterocycles. The van der Waals surface area contributed by atoms with Crippen LogP contribution >= 0.6 is 0 Å². The van der Waals surface area contributed by atoms with E-state index in [9.17, 15) is 8.42 Å². The number of hydrogen-bond donors (Lipinski definition) is 1. The fraction of sp³-hybridized carbons (Fsp3) is 0.769. The molecule has 0 aromatic carbocycles. The summed E-state index contributed by atoms with van der Waals surface area (Å²) in [5, 5.41) is 3.31. The largest absolute Gasteiger partial charge is 0.333 e. The smallest absolute Gasteiger partial charge is 0.262 e. The summed E-state index contributed by atoms with van der Waals surface area (Å²) in [7, 11) is -1.58. The zero-order valence-electron chi connectivity index (χ0n) is 11.9. The van der Waals surface area contributed by atoms with Crippen molar-refractivity contribution in [1.82, 2.24) is 19.2 Å². The molecule has 3 heterocycles. The quantitative estimate of drug-likeness (QED) is 0.883. The lowest BCUT2D eigenvalue weighted by Gasteiger charge is -2.22. The van der Waals surface area contributed by atoms with Crippen molar-refractivity contribution in [3.05, 3.63) is 12.0 Å². The summed E-state index contributed by atoms with van der Waals surface area (Å²) in [5.41, 5.74) is 0. The maximum atomic E-state index is 12.8. The summed E-state index contributed by atoms with van der Waals surface area (Å²) in [6.45, 7) is 2.20. The molecule has 1 N–H and O–H groups in total. The van der Waals surface area contributed by atoms with Crippen molar-refractivity contribution in [2.45, 2.75) is 49.7 Å². The Bertz CT molecular complexity index is 558. The lowest BCUT2D eigenvalue weighted by molar-refractivity contribution is 0.378. The first-order chi connectivity index (χ1) is 9.63. The van der Waals surface area contributed by atoms with Crippen LogP contribution in [0.15, 0.2) is 11.2 Å². The number of rotatable bonds is 4. The number of fused-ring (bicyclic) bond motifs is 1. The van der Waals surface area contributed by atoms with Crippen molar-refractivity contribution in [3.8, 4) is 0 Å². The van der Waals surface area contributed by atoms with Crippen molar-refractivity contribution in [2.75, 3.05) is 20.1 Å². The summed E-state index contributed by atoms with van der Waals surface area (Å²) in [4.78, 5) is 4.37. The Kier molecular flexibility index (Phi) is 3.83. The average Bonchev–Trinajstić information content (AvgIpc) is 3.05. The van der Waals surface area contributed by atoms with Crippen LogP contribution in [-0.4, -0.2) is 48.5 Å². The van der Waals surface area contributed by atoms with Gasteiger partial charge in [-0.15, -0.1) is 0 Å². The molecule has 2 aliphatic heterocycles. The van der Waals surface area contributed by atoms with E-state index >= 15 is 0 Å². The van der Waals surface area contributed by atoms with Gasteiger partial charge in [0.25, 0.3) is 10.0 Å². The van der Waals surface area contributed by atoms with E-state index in [1.165, 1.54) is 0 Å². The second-order valence-electron chi connectivity index (χ2n) is 5.62. The Labute approximate surface area is 120 Å². The Morgan fingerprint density at radius 3 is 2.95 bits per heavy atom. The number of nitrogens with one attached hydrogen (secondary N) is 1.